The van der Waals surface area contributed by atoms with Crippen LogP contribution in [-0.2, 0) is 6.18 Å². The molecule has 3 nitrogen and oxygen atoms in total. The monoisotopic (exact) mass is 238 g/mol. The average Bonchev–Trinajstić information content (AvgIpc) is 2.15. The molecule has 0 spiro atoms. The molecule has 0 amide bonds. The molecule has 0 radical (unpaired) electrons. The van der Waals surface area contributed by atoms with Crippen molar-refractivity contribution in [1.82, 2.24) is 0 Å². The maximum Gasteiger partial charge on any atom is 0.416 e. The third-order valence-electron chi connectivity index (χ3n) is 1.68. The van der Waals surface area contributed by atoms with Gasteiger partial charge in [0, 0.05) is 5.56 Å². The van der Waals surface area contributed by atoms with Crippen LogP contribution in [0.15, 0.2) is 23.4 Å². The van der Waals surface area contributed by atoms with Gasteiger partial charge < -0.3 is 10.9 Å². The standard InChI is InChI=1S/C8H6ClF3N2O/c9-6-2-1-4(8(10,11)12)3-5(6)7(13)14-15/h1-3,15H,(H2,13,14). The molecule has 1 aromatic carbocycles. The number of alkyl halides is 3. The van der Waals surface area contributed by atoms with E-state index < -0.39 is 17.6 Å². The fraction of sp³-hybridized carbons (Fsp3) is 0.125. The summed E-state index contributed by atoms with van der Waals surface area (Å²) in [6.45, 7) is 0. The number of nitrogens with zero attached hydrogens (tertiary/aromatic N) is 1. The minimum Gasteiger partial charge on any atom is -0.409 e. The summed E-state index contributed by atoms with van der Waals surface area (Å²) >= 11 is 5.58. The lowest BCUT2D eigenvalue weighted by molar-refractivity contribution is -0.137. The summed E-state index contributed by atoms with van der Waals surface area (Å²) in [5.74, 6) is -0.467. The van der Waals surface area contributed by atoms with Crippen molar-refractivity contribution in [2.75, 3.05) is 0 Å². The van der Waals surface area contributed by atoms with Crippen LogP contribution < -0.4 is 5.73 Å². The van der Waals surface area contributed by atoms with Crippen LogP contribution in [0.25, 0.3) is 0 Å². The molecule has 1 aromatic rings. The van der Waals surface area contributed by atoms with Crippen molar-refractivity contribution in [2.24, 2.45) is 10.9 Å². The van der Waals surface area contributed by atoms with E-state index in [1.54, 1.807) is 0 Å². The Labute approximate surface area is 87.9 Å². The predicted octanol–water partition coefficient (Wildman–Crippen LogP) is 2.45. The number of hydrogen-bond acceptors (Lipinski definition) is 2. The normalized spacial score (nSPS) is 12.9. The lowest BCUT2D eigenvalue weighted by atomic mass is 10.1. The SMILES string of the molecule is N/C(=N\O)c1cc(C(F)(F)F)ccc1Cl. The average molecular weight is 239 g/mol. The first-order valence-electron chi connectivity index (χ1n) is 3.71. The maximum atomic E-state index is 12.3. The van der Waals surface area contributed by atoms with E-state index in [2.05, 4.69) is 5.16 Å². The molecular formula is C8H6ClF3N2O. The Hall–Kier alpha value is -1.43. The molecule has 3 N–H and O–H groups in total. The summed E-state index contributed by atoms with van der Waals surface area (Å²) in [7, 11) is 0. The number of amidine groups is 1. The van der Waals surface area contributed by atoms with Gasteiger partial charge >= 0.3 is 6.18 Å². The summed E-state index contributed by atoms with van der Waals surface area (Å²) in [4.78, 5) is 0. The minimum atomic E-state index is -4.49. The van der Waals surface area contributed by atoms with Crippen LogP contribution in [0, 0.1) is 0 Å². The zero-order valence-corrected chi connectivity index (χ0v) is 7.97. The van der Waals surface area contributed by atoms with E-state index in [0.29, 0.717) is 0 Å². The zero-order chi connectivity index (χ0) is 11.6. The predicted molar refractivity (Wildman–Crippen MR) is 49.0 cm³/mol. The highest BCUT2D eigenvalue weighted by molar-refractivity contribution is 6.34. The summed E-state index contributed by atoms with van der Waals surface area (Å²) in [6.07, 6.45) is -4.49. The van der Waals surface area contributed by atoms with E-state index in [-0.39, 0.29) is 10.6 Å². The molecule has 82 valence electrons. The molecule has 0 aliphatic heterocycles. The number of oxime groups is 1. The number of halogens is 4. The number of benzene rings is 1. The Bertz CT molecular complexity index is 403. The number of hydrogen-bond donors (Lipinski definition) is 2. The van der Waals surface area contributed by atoms with Gasteiger partial charge in [0.1, 0.15) is 0 Å². The Kier molecular flexibility index (Phi) is 3.09. The van der Waals surface area contributed by atoms with Crippen LogP contribution in [0.5, 0.6) is 0 Å². The van der Waals surface area contributed by atoms with Crippen molar-refractivity contribution in [2.45, 2.75) is 6.18 Å². The molecule has 0 aliphatic rings. The maximum absolute atomic E-state index is 12.3. The summed E-state index contributed by atoms with van der Waals surface area (Å²) in [5.41, 5.74) is 4.09. The molecule has 1 rings (SSSR count). The van der Waals surface area contributed by atoms with Gasteiger partial charge in [0.05, 0.1) is 10.6 Å². The van der Waals surface area contributed by atoms with Crippen LogP contribution in [0.4, 0.5) is 13.2 Å². The first kappa shape index (κ1) is 11.6. The Morgan fingerprint density at radius 3 is 2.47 bits per heavy atom. The molecule has 0 heterocycles. The minimum absolute atomic E-state index is 0.0155. The zero-order valence-electron chi connectivity index (χ0n) is 7.22. The van der Waals surface area contributed by atoms with Crippen LogP contribution in [0.3, 0.4) is 0 Å². The first-order valence-corrected chi connectivity index (χ1v) is 4.08. The second-order valence-corrected chi connectivity index (χ2v) is 3.08. The highest BCUT2D eigenvalue weighted by Crippen LogP contribution is 2.31. The lowest BCUT2D eigenvalue weighted by Crippen LogP contribution is -2.15. The summed E-state index contributed by atoms with van der Waals surface area (Å²) < 4.78 is 36.8. The molecule has 15 heavy (non-hydrogen) atoms. The molecule has 7 heteroatoms. The van der Waals surface area contributed by atoms with Gasteiger partial charge in [-0.05, 0) is 18.2 Å². The highest BCUT2D eigenvalue weighted by atomic mass is 35.5. The molecule has 0 saturated heterocycles. The Morgan fingerprint density at radius 2 is 2.00 bits per heavy atom. The Morgan fingerprint density at radius 1 is 1.40 bits per heavy atom. The van der Waals surface area contributed by atoms with Gasteiger partial charge in [-0.1, -0.05) is 16.8 Å². The fourth-order valence-electron chi connectivity index (χ4n) is 0.952. The van der Waals surface area contributed by atoms with Crippen LogP contribution in [0.2, 0.25) is 5.02 Å². The quantitative estimate of drug-likeness (QED) is 0.342. The van der Waals surface area contributed by atoms with E-state index >= 15 is 0 Å². The third-order valence-corrected chi connectivity index (χ3v) is 2.01. The third kappa shape index (κ3) is 2.53. The molecule has 0 atom stereocenters. The van der Waals surface area contributed by atoms with Crippen molar-refractivity contribution in [3.05, 3.63) is 34.3 Å². The number of rotatable bonds is 1. The van der Waals surface area contributed by atoms with Gasteiger partial charge in [0.2, 0.25) is 0 Å². The van der Waals surface area contributed by atoms with Crippen LogP contribution >= 0.6 is 11.6 Å². The van der Waals surface area contributed by atoms with Crippen molar-refractivity contribution in [1.29, 1.82) is 0 Å². The van der Waals surface area contributed by atoms with Crippen molar-refractivity contribution in [3.63, 3.8) is 0 Å². The van der Waals surface area contributed by atoms with Gasteiger partial charge in [-0.2, -0.15) is 13.2 Å². The van der Waals surface area contributed by atoms with Gasteiger partial charge in [-0.25, -0.2) is 0 Å². The number of nitrogens with two attached hydrogens (primary N) is 1. The highest BCUT2D eigenvalue weighted by Gasteiger charge is 2.31. The van der Waals surface area contributed by atoms with Gasteiger partial charge in [0.25, 0.3) is 0 Å². The molecular weight excluding hydrogens is 233 g/mol. The van der Waals surface area contributed by atoms with Crippen molar-refractivity contribution < 1.29 is 18.4 Å². The van der Waals surface area contributed by atoms with Gasteiger partial charge in [-0.3, -0.25) is 0 Å². The summed E-state index contributed by atoms with van der Waals surface area (Å²) in [6, 6.07) is 2.58. The van der Waals surface area contributed by atoms with E-state index in [0.717, 1.165) is 18.2 Å². The second-order valence-electron chi connectivity index (χ2n) is 2.68. The topological polar surface area (TPSA) is 58.6 Å². The van der Waals surface area contributed by atoms with E-state index in [1.807, 2.05) is 0 Å². The van der Waals surface area contributed by atoms with E-state index in [1.165, 1.54) is 0 Å². The molecule has 0 aromatic heterocycles. The molecule has 0 unspecified atom stereocenters. The molecule has 0 aliphatic carbocycles. The molecule has 0 saturated carbocycles. The van der Waals surface area contributed by atoms with Crippen LogP contribution in [-0.4, -0.2) is 11.0 Å². The second kappa shape index (κ2) is 3.98. The van der Waals surface area contributed by atoms with Crippen LogP contribution in [0.1, 0.15) is 11.1 Å². The fourth-order valence-corrected chi connectivity index (χ4v) is 1.17. The lowest BCUT2D eigenvalue weighted by Gasteiger charge is -2.09. The largest absolute Gasteiger partial charge is 0.416 e. The van der Waals surface area contributed by atoms with Gasteiger partial charge in [0.15, 0.2) is 5.84 Å². The van der Waals surface area contributed by atoms with Gasteiger partial charge in [-0.15, -0.1) is 0 Å². The Balaban J connectivity index is 3.29. The van der Waals surface area contributed by atoms with Crippen molar-refractivity contribution >= 4 is 17.4 Å². The summed E-state index contributed by atoms with van der Waals surface area (Å²) in [5, 5.41) is 10.9. The smallest absolute Gasteiger partial charge is 0.409 e. The van der Waals surface area contributed by atoms with E-state index in [4.69, 9.17) is 22.5 Å². The van der Waals surface area contributed by atoms with E-state index in [9.17, 15) is 13.2 Å². The molecule has 0 fully saturated rings. The molecule has 0 bridgehead atoms. The van der Waals surface area contributed by atoms with Crippen molar-refractivity contribution in [3.8, 4) is 0 Å². The first-order chi connectivity index (χ1) is 6.86.